The van der Waals surface area contributed by atoms with E-state index in [1.54, 1.807) is 61.0 Å². The minimum absolute atomic E-state index is 0.118. The topological polar surface area (TPSA) is 115 Å². The first kappa shape index (κ1) is 30.6. The second-order valence-corrected chi connectivity index (χ2v) is 11.2. The zero-order chi connectivity index (χ0) is 30.7. The first-order valence-electron chi connectivity index (χ1n) is 14.1. The lowest BCUT2D eigenvalue weighted by Crippen LogP contribution is -2.54. The molecular formula is C32H38FN5O4. The smallest absolute Gasteiger partial charge is 0.267 e. The molecule has 1 fully saturated rings. The number of halogens is 1. The number of nitrogens with one attached hydrogen (secondary N) is 2. The van der Waals surface area contributed by atoms with Crippen molar-refractivity contribution < 1.29 is 18.8 Å². The minimum atomic E-state index is -0.873. The number of aromatic nitrogens is 2. The molecule has 9 nitrogen and oxygen atoms in total. The number of hydrogen-bond donors (Lipinski definition) is 2. The molecule has 2 heterocycles. The fraction of sp³-hybridized carbons (Fsp3) is 0.406. The maximum Gasteiger partial charge on any atom is 0.267 e. The number of carbonyl (C=O) groups excluding carboxylic acids is 3. The van der Waals surface area contributed by atoms with Gasteiger partial charge in [-0.3, -0.25) is 19.2 Å². The van der Waals surface area contributed by atoms with Crippen LogP contribution in [0.25, 0.3) is 0 Å². The highest BCUT2D eigenvalue weighted by atomic mass is 19.1. The molecule has 0 spiro atoms. The van der Waals surface area contributed by atoms with Crippen LogP contribution in [-0.4, -0.2) is 62.9 Å². The molecule has 0 saturated carbocycles. The SMILES string of the molecule is CC(=O)N(C)[C@@H](C)[C@H]1CC[C@@H](c2cccc(F)c2)N1C(=O)[C@@H](C)NC(=O)c1ccc(Cc2cc(C)n[nH]c2=O)c(C)c1. The largest absolute Gasteiger partial charge is 0.341 e. The maximum absolute atomic E-state index is 14.1. The lowest BCUT2D eigenvalue weighted by atomic mass is 9.98. The first-order chi connectivity index (χ1) is 19.9. The Hall–Kier alpha value is -4.34. The summed E-state index contributed by atoms with van der Waals surface area (Å²) in [7, 11) is 1.70. The number of amides is 3. The average molecular weight is 576 g/mol. The highest BCUT2D eigenvalue weighted by molar-refractivity contribution is 5.97. The molecule has 3 amide bonds. The Morgan fingerprint density at radius 2 is 1.83 bits per heavy atom. The quantitative estimate of drug-likeness (QED) is 0.424. The Morgan fingerprint density at radius 1 is 1.10 bits per heavy atom. The lowest BCUT2D eigenvalue weighted by Gasteiger charge is -2.38. The summed E-state index contributed by atoms with van der Waals surface area (Å²) in [5.41, 5.74) is 3.83. The number of hydrogen-bond acceptors (Lipinski definition) is 5. The fourth-order valence-electron chi connectivity index (χ4n) is 5.71. The van der Waals surface area contributed by atoms with Crippen molar-refractivity contribution in [1.82, 2.24) is 25.3 Å². The van der Waals surface area contributed by atoms with Crippen molar-refractivity contribution in [2.45, 2.75) is 78.0 Å². The number of H-pyrrole nitrogens is 1. The van der Waals surface area contributed by atoms with Crippen molar-refractivity contribution in [3.63, 3.8) is 0 Å². The normalized spacial score (nSPS) is 17.9. The van der Waals surface area contributed by atoms with Crippen molar-refractivity contribution in [3.05, 3.63) is 98.2 Å². The van der Waals surface area contributed by atoms with Gasteiger partial charge in [0.25, 0.3) is 11.5 Å². The summed E-state index contributed by atoms with van der Waals surface area (Å²) >= 11 is 0. The molecule has 0 unspecified atom stereocenters. The van der Waals surface area contributed by atoms with Crippen LogP contribution in [0.5, 0.6) is 0 Å². The summed E-state index contributed by atoms with van der Waals surface area (Å²) in [6.07, 6.45) is 1.63. The number of nitrogens with zero attached hydrogens (tertiary/aromatic N) is 3. The molecule has 4 atom stereocenters. The summed E-state index contributed by atoms with van der Waals surface area (Å²) in [4.78, 5) is 54.8. The summed E-state index contributed by atoms with van der Waals surface area (Å²) in [5.74, 6) is -1.21. The van der Waals surface area contributed by atoms with Gasteiger partial charge in [-0.05, 0) is 87.6 Å². The monoisotopic (exact) mass is 575 g/mol. The van der Waals surface area contributed by atoms with Crippen LogP contribution in [0.4, 0.5) is 4.39 Å². The molecule has 4 rings (SSSR count). The van der Waals surface area contributed by atoms with E-state index in [4.69, 9.17) is 0 Å². The van der Waals surface area contributed by atoms with E-state index in [0.29, 0.717) is 41.6 Å². The van der Waals surface area contributed by atoms with Crippen molar-refractivity contribution in [2.24, 2.45) is 0 Å². The zero-order valence-corrected chi connectivity index (χ0v) is 24.9. The summed E-state index contributed by atoms with van der Waals surface area (Å²) in [6.45, 7) is 8.68. The molecule has 0 aliphatic carbocycles. The number of aryl methyl sites for hydroxylation is 2. The Bertz CT molecular complexity index is 1550. The number of likely N-dealkylation sites (N-methyl/N-ethyl adjacent to an activating group) is 1. The summed E-state index contributed by atoms with van der Waals surface area (Å²) in [5, 5.41) is 9.23. The number of likely N-dealkylation sites (tertiary alicyclic amines) is 1. The van der Waals surface area contributed by atoms with Gasteiger partial charge in [0.05, 0.1) is 17.8 Å². The highest BCUT2D eigenvalue weighted by Crippen LogP contribution is 2.39. The van der Waals surface area contributed by atoms with Crippen LogP contribution in [0, 0.1) is 19.7 Å². The van der Waals surface area contributed by atoms with Crippen molar-refractivity contribution in [2.75, 3.05) is 7.05 Å². The molecule has 3 aromatic rings. The van der Waals surface area contributed by atoms with E-state index in [2.05, 4.69) is 15.5 Å². The van der Waals surface area contributed by atoms with Crippen LogP contribution in [0.3, 0.4) is 0 Å². The maximum atomic E-state index is 14.1. The van der Waals surface area contributed by atoms with E-state index in [9.17, 15) is 23.6 Å². The van der Waals surface area contributed by atoms with Crippen LogP contribution < -0.4 is 10.9 Å². The van der Waals surface area contributed by atoms with Gasteiger partial charge in [0, 0.05) is 37.6 Å². The van der Waals surface area contributed by atoms with E-state index < -0.39 is 11.9 Å². The number of benzene rings is 2. The van der Waals surface area contributed by atoms with Crippen LogP contribution in [0.2, 0.25) is 0 Å². The molecule has 222 valence electrons. The molecule has 2 aromatic carbocycles. The lowest BCUT2D eigenvalue weighted by molar-refractivity contribution is -0.140. The predicted octanol–water partition coefficient (Wildman–Crippen LogP) is 3.83. The zero-order valence-electron chi connectivity index (χ0n) is 24.9. The van der Waals surface area contributed by atoms with Crippen LogP contribution in [0.1, 0.15) is 78.0 Å². The third-order valence-corrected chi connectivity index (χ3v) is 8.29. The standard InChI is InChI=1S/C32H38FN5O4/c1-18-14-25(11-10-23(18)16-26-15-19(2)35-36-31(26)41)30(40)34-20(3)32(42)38-28(21(4)37(6)22(5)39)12-13-29(38)24-8-7-9-27(33)17-24/h7-11,14-15,17,20-21,28-29H,12-13,16H2,1-6H3,(H,34,40)(H,36,41)/t20-,21+,28-,29+/m1/s1. The van der Waals surface area contributed by atoms with E-state index in [0.717, 1.165) is 11.1 Å². The van der Waals surface area contributed by atoms with Gasteiger partial charge in [-0.15, -0.1) is 0 Å². The molecule has 1 aromatic heterocycles. The number of rotatable bonds is 8. The predicted molar refractivity (Wildman–Crippen MR) is 157 cm³/mol. The molecule has 1 aliphatic heterocycles. The van der Waals surface area contributed by atoms with Gasteiger partial charge in [0.2, 0.25) is 11.8 Å². The minimum Gasteiger partial charge on any atom is -0.341 e. The summed E-state index contributed by atoms with van der Waals surface area (Å²) in [6, 6.07) is 11.3. The Morgan fingerprint density at radius 3 is 2.50 bits per heavy atom. The Kier molecular flexibility index (Phi) is 9.23. The second-order valence-electron chi connectivity index (χ2n) is 11.2. The van der Waals surface area contributed by atoms with E-state index in [1.807, 2.05) is 19.9 Å². The summed E-state index contributed by atoms with van der Waals surface area (Å²) < 4.78 is 14.1. The van der Waals surface area contributed by atoms with Crippen LogP contribution in [0.15, 0.2) is 53.3 Å². The van der Waals surface area contributed by atoms with Gasteiger partial charge in [-0.1, -0.05) is 18.2 Å². The first-order valence-corrected chi connectivity index (χ1v) is 14.1. The molecular weight excluding hydrogens is 537 g/mol. The average Bonchev–Trinajstić information content (AvgIpc) is 3.39. The van der Waals surface area contributed by atoms with Crippen molar-refractivity contribution in [1.29, 1.82) is 0 Å². The van der Waals surface area contributed by atoms with Crippen LogP contribution >= 0.6 is 0 Å². The van der Waals surface area contributed by atoms with Gasteiger partial charge in [0.15, 0.2) is 0 Å². The Balaban J connectivity index is 1.54. The number of aromatic amines is 1. The van der Waals surface area contributed by atoms with Crippen molar-refractivity contribution >= 4 is 17.7 Å². The van der Waals surface area contributed by atoms with E-state index in [1.165, 1.54) is 19.1 Å². The van der Waals surface area contributed by atoms with Gasteiger partial charge < -0.3 is 15.1 Å². The van der Waals surface area contributed by atoms with E-state index >= 15 is 0 Å². The second kappa shape index (κ2) is 12.7. The van der Waals surface area contributed by atoms with E-state index in [-0.39, 0.29) is 41.3 Å². The van der Waals surface area contributed by atoms with Gasteiger partial charge in [0.1, 0.15) is 11.9 Å². The molecule has 1 saturated heterocycles. The molecule has 0 radical (unpaired) electrons. The van der Waals surface area contributed by atoms with Crippen molar-refractivity contribution in [3.8, 4) is 0 Å². The van der Waals surface area contributed by atoms with Gasteiger partial charge in [-0.25, -0.2) is 9.49 Å². The Labute approximate surface area is 245 Å². The van der Waals surface area contributed by atoms with Gasteiger partial charge in [-0.2, -0.15) is 5.10 Å². The molecule has 10 heteroatoms. The number of carbonyl (C=O) groups is 3. The third kappa shape index (κ3) is 6.58. The van der Waals surface area contributed by atoms with Gasteiger partial charge >= 0.3 is 0 Å². The van der Waals surface area contributed by atoms with Crippen LogP contribution in [-0.2, 0) is 16.0 Å². The highest BCUT2D eigenvalue weighted by Gasteiger charge is 2.43. The third-order valence-electron chi connectivity index (χ3n) is 8.29. The molecule has 42 heavy (non-hydrogen) atoms. The molecule has 1 aliphatic rings. The fourth-order valence-corrected chi connectivity index (χ4v) is 5.71. The molecule has 2 N–H and O–H groups in total. The molecule has 0 bridgehead atoms.